The molecule has 96 valence electrons. The van der Waals surface area contributed by atoms with Gasteiger partial charge in [0, 0.05) is 32.5 Å². The molecule has 0 unspecified atom stereocenters. The minimum Gasteiger partial charge on any atom is -0.370 e. The minimum absolute atomic E-state index is 0.298. The summed E-state index contributed by atoms with van der Waals surface area (Å²) in [7, 11) is 1.71. The molecule has 18 heavy (non-hydrogen) atoms. The zero-order chi connectivity index (χ0) is 12.4. The number of hydrogen-bond acceptors (Lipinski definition) is 5. The fraction of sp³-hybridized carbons (Fsp3) is 0.583. The summed E-state index contributed by atoms with van der Waals surface area (Å²) in [5.74, 6) is 1.33. The monoisotopic (exact) mass is 248 g/mol. The number of ether oxygens (including phenoxy) is 1. The van der Waals surface area contributed by atoms with Gasteiger partial charge in [0.05, 0.1) is 0 Å². The number of rotatable bonds is 5. The highest BCUT2D eigenvalue weighted by atomic mass is 16.5. The second-order valence-electron chi connectivity index (χ2n) is 4.58. The van der Waals surface area contributed by atoms with Crippen LogP contribution >= 0.6 is 0 Å². The van der Waals surface area contributed by atoms with Gasteiger partial charge in [0.2, 0.25) is 11.7 Å². The number of aromatic nitrogens is 4. The first-order valence-electron chi connectivity index (χ1n) is 6.18. The van der Waals surface area contributed by atoms with E-state index in [4.69, 9.17) is 9.26 Å². The number of aryl methyl sites for hydroxylation is 2. The van der Waals surface area contributed by atoms with E-state index in [2.05, 4.69) is 15.2 Å². The third kappa shape index (κ3) is 1.92. The molecule has 6 heteroatoms. The molecule has 1 aliphatic carbocycles. The van der Waals surface area contributed by atoms with Crippen molar-refractivity contribution in [1.82, 2.24) is 19.9 Å². The maximum atomic E-state index is 5.52. The first kappa shape index (κ1) is 11.4. The molecule has 0 aliphatic heterocycles. The van der Waals surface area contributed by atoms with Crippen molar-refractivity contribution in [1.29, 1.82) is 0 Å². The van der Waals surface area contributed by atoms with Crippen LogP contribution in [0.2, 0.25) is 0 Å². The Morgan fingerprint density at radius 3 is 3.00 bits per heavy atom. The van der Waals surface area contributed by atoms with E-state index < -0.39 is 0 Å². The Bertz CT molecular complexity index is 496. The summed E-state index contributed by atoms with van der Waals surface area (Å²) in [6.07, 6.45) is 7.47. The Labute approximate surface area is 105 Å². The predicted molar refractivity (Wildman–Crippen MR) is 62.8 cm³/mol. The van der Waals surface area contributed by atoms with Gasteiger partial charge in [-0.3, -0.25) is 4.68 Å². The van der Waals surface area contributed by atoms with Crippen molar-refractivity contribution in [3.8, 4) is 0 Å². The van der Waals surface area contributed by atoms with E-state index in [1.165, 1.54) is 0 Å². The van der Waals surface area contributed by atoms with Crippen molar-refractivity contribution >= 4 is 0 Å². The molecular weight excluding hydrogens is 232 g/mol. The predicted octanol–water partition coefficient (Wildman–Crippen LogP) is 1.53. The van der Waals surface area contributed by atoms with Crippen LogP contribution in [0, 0.1) is 0 Å². The van der Waals surface area contributed by atoms with E-state index >= 15 is 0 Å². The van der Waals surface area contributed by atoms with Gasteiger partial charge in [0.25, 0.3) is 0 Å². The SMILES string of the molecule is COC1(c2noc(CCn3cccn3)n2)CCC1. The van der Waals surface area contributed by atoms with Crippen LogP contribution in [-0.2, 0) is 23.3 Å². The van der Waals surface area contributed by atoms with Crippen LogP contribution in [0.5, 0.6) is 0 Å². The Balaban J connectivity index is 1.66. The largest absolute Gasteiger partial charge is 0.370 e. The lowest BCUT2D eigenvalue weighted by Crippen LogP contribution is -2.37. The first-order valence-corrected chi connectivity index (χ1v) is 6.18. The van der Waals surface area contributed by atoms with E-state index in [9.17, 15) is 0 Å². The standard InChI is InChI=1S/C12H16N4O2/c1-17-12(5-2-6-12)11-14-10(18-15-11)4-9-16-8-3-7-13-16/h3,7-8H,2,4-6,9H2,1H3. The van der Waals surface area contributed by atoms with Gasteiger partial charge in [-0.15, -0.1) is 0 Å². The van der Waals surface area contributed by atoms with E-state index in [0.717, 1.165) is 25.8 Å². The molecule has 0 N–H and O–H groups in total. The third-order valence-electron chi connectivity index (χ3n) is 3.54. The number of nitrogens with zero attached hydrogens (tertiary/aromatic N) is 4. The molecule has 2 aromatic heterocycles. The Hall–Kier alpha value is -1.69. The van der Waals surface area contributed by atoms with Crippen molar-refractivity contribution in [3.05, 3.63) is 30.2 Å². The van der Waals surface area contributed by atoms with Crippen LogP contribution in [0.25, 0.3) is 0 Å². The smallest absolute Gasteiger partial charge is 0.228 e. The molecule has 1 aliphatic rings. The van der Waals surface area contributed by atoms with Gasteiger partial charge >= 0.3 is 0 Å². The molecule has 3 rings (SSSR count). The van der Waals surface area contributed by atoms with Gasteiger partial charge in [-0.2, -0.15) is 10.1 Å². The van der Waals surface area contributed by atoms with Crippen LogP contribution in [0.15, 0.2) is 23.0 Å². The van der Waals surface area contributed by atoms with E-state index in [1.807, 2.05) is 16.9 Å². The van der Waals surface area contributed by atoms with Gasteiger partial charge in [0.15, 0.2) is 0 Å². The van der Waals surface area contributed by atoms with E-state index in [0.29, 0.717) is 18.1 Å². The van der Waals surface area contributed by atoms with Gasteiger partial charge in [0.1, 0.15) is 5.60 Å². The summed E-state index contributed by atoms with van der Waals surface area (Å²) in [6, 6.07) is 1.90. The lowest BCUT2D eigenvalue weighted by molar-refractivity contribution is -0.0858. The maximum Gasteiger partial charge on any atom is 0.228 e. The van der Waals surface area contributed by atoms with Crippen molar-refractivity contribution in [2.45, 2.75) is 37.8 Å². The molecule has 0 bridgehead atoms. The molecule has 2 heterocycles. The zero-order valence-electron chi connectivity index (χ0n) is 10.4. The van der Waals surface area contributed by atoms with Crippen LogP contribution in [0.3, 0.4) is 0 Å². The molecule has 0 spiro atoms. The molecule has 0 amide bonds. The zero-order valence-corrected chi connectivity index (χ0v) is 10.4. The lowest BCUT2D eigenvalue weighted by atomic mass is 9.79. The molecule has 0 atom stereocenters. The Morgan fingerprint density at radius 2 is 2.39 bits per heavy atom. The molecular formula is C12H16N4O2. The fourth-order valence-corrected chi connectivity index (χ4v) is 2.20. The van der Waals surface area contributed by atoms with Crippen molar-refractivity contribution in [3.63, 3.8) is 0 Å². The van der Waals surface area contributed by atoms with Crippen molar-refractivity contribution in [2.24, 2.45) is 0 Å². The minimum atomic E-state index is -0.298. The lowest BCUT2D eigenvalue weighted by Gasteiger charge is -2.37. The first-order chi connectivity index (χ1) is 8.82. The molecule has 6 nitrogen and oxygen atoms in total. The summed E-state index contributed by atoms with van der Waals surface area (Å²) in [5, 5.41) is 8.17. The van der Waals surface area contributed by atoms with Crippen LogP contribution in [0.4, 0.5) is 0 Å². The average Bonchev–Trinajstić information content (AvgIpc) is 2.97. The molecule has 0 saturated heterocycles. The summed E-state index contributed by atoms with van der Waals surface area (Å²) in [4.78, 5) is 4.43. The topological polar surface area (TPSA) is 66.0 Å². The number of methoxy groups -OCH3 is 1. The molecule has 2 aromatic rings. The highest BCUT2D eigenvalue weighted by Crippen LogP contribution is 2.42. The Morgan fingerprint density at radius 1 is 1.50 bits per heavy atom. The normalized spacial score (nSPS) is 17.6. The van der Waals surface area contributed by atoms with Crippen LogP contribution in [-0.4, -0.2) is 27.0 Å². The Kier molecular flexibility index (Phi) is 2.87. The second kappa shape index (κ2) is 4.53. The summed E-state index contributed by atoms with van der Waals surface area (Å²) >= 11 is 0. The van der Waals surface area contributed by atoms with Crippen LogP contribution in [0.1, 0.15) is 31.0 Å². The van der Waals surface area contributed by atoms with Crippen molar-refractivity contribution < 1.29 is 9.26 Å². The fourth-order valence-electron chi connectivity index (χ4n) is 2.20. The van der Waals surface area contributed by atoms with Gasteiger partial charge in [-0.05, 0) is 25.3 Å². The highest BCUT2D eigenvalue weighted by molar-refractivity contribution is 5.06. The van der Waals surface area contributed by atoms with Crippen LogP contribution < -0.4 is 0 Å². The highest BCUT2D eigenvalue weighted by Gasteiger charge is 2.43. The average molecular weight is 248 g/mol. The van der Waals surface area contributed by atoms with Crippen molar-refractivity contribution in [2.75, 3.05) is 7.11 Å². The summed E-state index contributed by atoms with van der Waals surface area (Å²) in [5.41, 5.74) is -0.298. The molecule has 1 saturated carbocycles. The molecule has 1 fully saturated rings. The third-order valence-corrected chi connectivity index (χ3v) is 3.54. The second-order valence-corrected chi connectivity index (χ2v) is 4.58. The van der Waals surface area contributed by atoms with E-state index in [-0.39, 0.29) is 5.60 Å². The molecule has 0 aromatic carbocycles. The summed E-state index contributed by atoms with van der Waals surface area (Å²) in [6.45, 7) is 0.745. The van der Waals surface area contributed by atoms with Gasteiger partial charge < -0.3 is 9.26 Å². The number of hydrogen-bond donors (Lipinski definition) is 0. The summed E-state index contributed by atoms with van der Waals surface area (Å²) < 4.78 is 12.6. The quantitative estimate of drug-likeness (QED) is 0.802. The van der Waals surface area contributed by atoms with Gasteiger partial charge in [-0.1, -0.05) is 5.16 Å². The molecule has 0 radical (unpaired) electrons. The van der Waals surface area contributed by atoms with Gasteiger partial charge in [-0.25, -0.2) is 0 Å². The maximum absolute atomic E-state index is 5.52. The van der Waals surface area contributed by atoms with E-state index in [1.54, 1.807) is 13.3 Å².